The molecule has 176 valence electrons. The lowest BCUT2D eigenvalue weighted by atomic mass is 10.2. The van der Waals surface area contributed by atoms with E-state index in [0.717, 1.165) is 48.4 Å². The fourth-order valence-corrected chi connectivity index (χ4v) is 5.30. The van der Waals surface area contributed by atoms with Crippen LogP contribution in [-0.4, -0.2) is 44.0 Å². The Morgan fingerprint density at radius 3 is 2.71 bits per heavy atom. The molecule has 1 N–H and O–H groups in total. The minimum atomic E-state index is -0.311. The number of aromatic nitrogens is 5. The van der Waals surface area contributed by atoms with Crippen LogP contribution in [0.1, 0.15) is 39.0 Å². The summed E-state index contributed by atoms with van der Waals surface area (Å²) in [5, 5.41) is 21.6. The van der Waals surface area contributed by atoms with E-state index in [9.17, 15) is 9.18 Å². The first-order valence-corrected chi connectivity index (χ1v) is 12.6. The molecule has 1 saturated heterocycles. The molecule has 12 heteroatoms. The maximum absolute atomic E-state index is 13.0. The van der Waals surface area contributed by atoms with Gasteiger partial charge in [0.2, 0.25) is 11.0 Å². The van der Waals surface area contributed by atoms with Crippen molar-refractivity contribution in [1.82, 2.24) is 30.3 Å². The molecule has 1 fully saturated rings. The predicted octanol–water partition coefficient (Wildman–Crippen LogP) is 3.73. The van der Waals surface area contributed by atoms with Crippen molar-refractivity contribution in [3.8, 4) is 0 Å². The molecule has 0 aliphatic carbocycles. The van der Waals surface area contributed by atoms with Gasteiger partial charge in [-0.15, -0.1) is 20.4 Å². The van der Waals surface area contributed by atoms with Crippen LogP contribution in [0.15, 0.2) is 52.2 Å². The molecule has 4 aromatic rings. The van der Waals surface area contributed by atoms with E-state index in [-0.39, 0.29) is 23.3 Å². The van der Waals surface area contributed by atoms with Crippen LogP contribution in [0.3, 0.4) is 0 Å². The second kappa shape index (κ2) is 10.3. The van der Waals surface area contributed by atoms with Gasteiger partial charge in [-0.05, 0) is 42.7 Å². The van der Waals surface area contributed by atoms with Crippen molar-refractivity contribution in [3.63, 3.8) is 0 Å². The number of carbonyl (C=O) groups excluding carboxylic acids is 1. The molecule has 1 aliphatic rings. The number of thioether (sulfide) groups is 1. The van der Waals surface area contributed by atoms with E-state index in [4.69, 9.17) is 4.42 Å². The molecule has 1 amide bonds. The molecule has 34 heavy (non-hydrogen) atoms. The summed E-state index contributed by atoms with van der Waals surface area (Å²) >= 11 is 2.74. The highest BCUT2D eigenvalue weighted by Crippen LogP contribution is 2.28. The molecule has 3 aromatic heterocycles. The van der Waals surface area contributed by atoms with Gasteiger partial charge in [0.05, 0.1) is 18.6 Å². The molecule has 0 unspecified atom stereocenters. The number of nitrogens with zero attached hydrogens (tertiary/aromatic N) is 6. The zero-order chi connectivity index (χ0) is 23.3. The molecule has 4 heterocycles. The van der Waals surface area contributed by atoms with Crippen LogP contribution >= 0.6 is 23.1 Å². The molecule has 0 spiro atoms. The topological polar surface area (TPSA) is 102 Å². The Kier molecular flexibility index (Phi) is 6.86. The monoisotopic (exact) mass is 499 g/mol. The summed E-state index contributed by atoms with van der Waals surface area (Å²) in [6.45, 7) is 2.76. The fourth-order valence-electron chi connectivity index (χ4n) is 3.63. The van der Waals surface area contributed by atoms with Crippen molar-refractivity contribution in [2.24, 2.45) is 0 Å². The summed E-state index contributed by atoms with van der Waals surface area (Å²) < 4.78 is 20.6. The third-order valence-corrected chi connectivity index (χ3v) is 7.42. The van der Waals surface area contributed by atoms with Gasteiger partial charge in [-0.1, -0.05) is 35.2 Å². The quantitative estimate of drug-likeness (QED) is 0.348. The van der Waals surface area contributed by atoms with Crippen molar-refractivity contribution in [1.29, 1.82) is 0 Å². The summed E-state index contributed by atoms with van der Waals surface area (Å²) in [5.74, 6) is 1.57. The number of amides is 1. The van der Waals surface area contributed by atoms with Crippen molar-refractivity contribution in [2.75, 3.05) is 18.0 Å². The molecule has 0 saturated carbocycles. The Labute approximate surface area is 203 Å². The maximum atomic E-state index is 13.0. The molecular weight excluding hydrogens is 477 g/mol. The van der Waals surface area contributed by atoms with Gasteiger partial charge in [0.15, 0.2) is 5.16 Å². The van der Waals surface area contributed by atoms with Gasteiger partial charge in [0, 0.05) is 19.6 Å². The second-order valence-corrected chi connectivity index (χ2v) is 9.75. The van der Waals surface area contributed by atoms with E-state index in [1.807, 2.05) is 12.1 Å². The van der Waals surface area contributed by atoms with Crippen LogP contribution in [0, 0.1) is 5.82 Å². The van der Waals surface area contributed by atoms with Crippen molar-refractivity contribution >= 4 is 35.0 Å². The van der Waals surface area contributed by atoms with Crippen LogP contribution in [0.2, 0.25) is 0 Å². The summed E-state index contributed by atoms with van der Waals surface area (Å²) in [7, 11) is 0. The first-order chi connectivity index (χ1) is 16.7. The van der Waals surface area contributed by atoms with Gasteiger partial charge in [-0.25, -0.2) is 4.39 Å². The van der Waals surface area contributed by atoms with Crippen LogP contribution < -0.4 is 10.2 Å². The zero-order valence-corrected chi connectivity index (χ0v) is 19.8. The molecular formula is C22H22FN7O2S2. The van der Waals surface area contributed by atoms with Gasteiger partial charge in [0.1, 0.15) is 16.6 Å². The van der Waals surface area contributed by atoms with Crippen LogP contribution in [0.4, 0.5) is 10.3 Å². The minimum Gasteiger partial charge on any atom is -0.467 e. The Morgan fingerprint density at radius 2 is 1.94 bits per heavy atom. The normalized spacial score (nSPS) is 13.5. The number of nitrogens with one attached hydrogen (secondary N) is 1. The van der Waals surface area contributed by atoms with Gasteiger partial charge in [-0.3, -0.25) is 9.36 Å². The van der Waals surface area contributed by atoms with Gasteiger partial charge < -0.3 is 14.6 Å². The lowest BCUT2D eigenvalue weighted by Gasteiger charge is -2.17. The Morgan fingerprint density at radius 1 is 1.12 bits per heavy atom. The second-order valence-electron chi connectivity index (χ2n) is 7.74. The average Bonchev–Trinajstić information content (AvgIpc) is 3.65. The smallest absolute Gasteiger partial charge is 0.282 e. The third-order valence-electron chi connectivity index (χ3n) is 5.33. The van der Waals surface area contributed by atoms with Crippen molar-refractivity contribution in [3.05, 3.63) is 69.8 Å². The van der Waals surface area contributed by atoms with E-state index in [1.165, 1.54) is 35.2 Å². The van der Waals surface area contributed by atoms with E-state index in [0.29, 0.717) is 17.3 Å². The summed E-state index contributed by atoms with van der Waals surface area (Å²) in [4.78, 5) is 14.7. The highest BCUT2D eigenvalue weighted by atomic mass is 32.2. The molecule has 5 rings (SSSR count). The maximum Gasteiger partial charge on any atom is 0.282 e. The largest absolute Gasteiger partial charge is 0.467 e. The van der Waals surface area contributed by atoms with Gasteiger partial charge in [-0.2, -0.15) is 0 Å². The molecule has 0 radical (unpaired) electrons. The van der Waals surface area contributed by atoms with Crippen molar-refractivity contribution < 1.29 is 13.6 Å². The summed E-state index contributed by atoms with van der Waals surface area (Å²) in [6.07, 6.45) is 3.95. The number of furan rings is 1. The standard InChI is InChI=1S/C22H22FN7O2S2/c23-16-7-5-15(6-8-16)12-24-19(31)20-26-25-18(34-20)14-33-22-28-27-21(29-9-1-2-10-29)30(22)13-17-4-3-11-32-17/h3-8,11H,1-2,9-10,12-14H2,(H,24,31). The predicted molar refractivity (Wildman–Crippen MR) is 126 cm³/mol. The lowest BCUT2D eigenvalue weighted by Crippen LogP contribution is -2.22. The number of hydrogen-bond acceptors (Lipinski definition) is 9. The number of halogens is 1. The van der Waals surface area contributed by atoms with E-state index in [2.05, 4.69) is 35.2 Å². The van der Waals surface area contributed by atoms with Crippen molar-refractivity contribution in [2.45, 2.75) is 36.8 Å². The number of anilines is 1. The zero-order valence-electron chi connectivity index (χ0n) is 18.2. The number of benzene rings is 1. The number of rotatable bonds is 9. The third kappa shape index (κ3) is 5.28. The summed E-state index contributed by atoms with van der Waals surface area (Å²) in [5.41, 5.74) is 0.805. The Hall–Kier alpha value is -3.25. The molecule has 1 aromatic carbocycles. The Bertz CT molecular complexity index is 1230. The highest BCUT2D eigenvalue weighted by Gasteiger charge is 2.22. The SMILES string of the molecule is O=C(NCc1ccc(F)cc1)c1nnc(CSc2nnc(N3CCCC3)n2Cc2ccco2)s1. The molecule has 1 aliphatic heterocycles. The van der Waals surface area contributed by atoms with Crippen LogP contribution in [0.25, 0.3) is 0 Å². The van der Waals surface area contributed by atoms with E-state index in [1.54, 1.807) is 18.4 Å². The number of hydrogen-bond donors (Lipinski definition) is 1. The Balaban J connectivity index is 1.23. The summed E-state index contributed by atoms with van der Waals surface area (Å²) in [6, 6.07) is 9.79. The minimum absolute atomic E-state index is 0.285. The van der Waals surface area contributed by atoms with Crippen LogP contribution in [-0.2, 0) is 18.8 Å². The van der Waals surface area contributed by atoms with Crippen LogP contribution in [0.5, 0.6) is 0 Å². The first kappa shape index (κ1) is 22.5. The molecule has 9 nitrogen and oxygen atoms in total. The van der Waals surface area contributed by atoms with Gasteiger partial charge >= 0.3 is 0 Å². The highest BCUT2D eigenvalue weighted by molar-refractivity contribution is 7.98. The van der Waals surface area contributed by atoms with Gasteiger partial charge in [0.25, 0.3) is 5.91 Å². The molecule has 0 atom stereocenters. The van der Waals surface area contributed by atoms with E-state index >= 15 is 0 Å². The lowest BCUT2D eigenvalue weighted by molar-refractivity contribution is 0.0950. The number of carbonyl (C=O) groups is 1. The fraction of sp³-hybridized carbons (Fsp3) is 0.318. The molecule has 0 bridgehead atoms. The first-order valence-electron chi connectivity index (χ1n) is 10.8. The average molecular weight is 500 g/mol. The van der Waals surface area contributed by atoms with E-state index < -0.39 is 0 Å².